The van der Waals surface area contributed by atoms with Crippen LogP contribution in [0.2, 0.25) is 0 Å². The molecule has 0 saturated heterocycles. The van der Waals surface area contributed by atoms with Gasteiger partial charge in [0.25, 0.3) is 0 Å². The first kappa shape index (κ1) is 13.7. The number of fused-ring (bicyclic) bond motifs is 1. The first-order valence-corrected chi connectivity index (χ1v) is 7.28. The van der Waals surface area contributed by atoms with E-state index in [1.54, 1.807) is 12.4 Å². The van der Waals surface area contributed by atoms with Gasteiger partial charge in [0.2, 0.25) is 0 Å². The van der Waals surface area contributed by atoms with Crippen LogP contribution in [0, 0.1) is 6.92 Å². The minimum atomic E-state index is 0.400. The maximum atomic E-state index is 5.86. The highest BCUT2D eigenvalue weighted by molar-refractivity contribution is 5.82. The van der Waals surface area contributed by atoms with E-state index in [2.05, 4.69) is 54.6 Å². The molecule has 0 unspecified atom stereocenters. The zero-order valence-corrected chi connectivity index (χ0v) is 12.7. The number of aryl methyl sites for hydroxylation is 1. The fourth-order valence-corrected chi connectivity index (χ4v) is 2.70. The van der Waals surface area contributed by atoms with E-state index < -0.39 is 0 Å². The molecule has 0 fully saturated rings. The van der Waals surface area contributed by atoms with Crippen LogP contribution in [-0.2, 0) is 6.61 Å². The van der Waals surface area contributed by atoms with Crippen LogP contribution in [0.3, 0.4) is 0 Å². The summed E-state index contributed by atoms with van der Waals surface area (Å²) in [5.74, 6) is 0.800. The summed E-state index contributed by atoms with van der Waals surface area (Å²) in [4.78, 5) is 4.08. The highest BCUT2D eigenvalue weighted by Crippen LogP contribution is 2.26. The number of ether oxygens (including phenoxy) is 1. The lowest BCUT2D eigenvalue weighted by atomic mass is 10.2. The predicted octanol–water partition coefficient (Wildman–Crippen LogP) is 4.50. The van der Waals surface area contributed by atoms with Gasteiger partial charge in [-0.2, -0.15) is 0 Å². The Bertz CT molecular complexity index is 745. The molecule has 0 bridgehead atoms. The average Bonchev–Trinajstić information content (AvgIpc) is 2.84. The molecule has 3 rings (SSSR count). The maximum Gasteiger partial charge on any atom is 0.138 e. The Labute approximate surface area is 125 Å². The van der Waals surface area contributed by atoms with Crippen molar-refractivity contribution in [2.45, 2.75) is 33.4 Å². The van der Waals surface area contributed by atoms with Gasteiger partial charge in [-0.3, -0.25) is 4.98 Å². The van der Waals surface area contributed by atoms with Crippen LogP contribution in [0.4, 0.5) is 0 Å². The van der Waals surface area contributed by atoms with E-state index in [0.717, 1.165) is 5.75 Å². The quantitative estimate of drug-likeness (QED) is 0.703. The average molecular weight is 280 g/mol. The molecule has 0 aliphatic carbocycles. The van der Waals surface area contributed by atoms with E-state index in [4.69, 9.17) is 4.74 Å². The molecule has 21 heavy (non-hydrogen) atoms. The zero-order valence-electron chi connectivity index (χ0n) is 12.7. The van der Waals surface area contributed by atoms with Gasteiger partial charge < -0.3 is 9.30 Å². The number of aromatic nitrogens is 2. The van der Waals surface area contributed by atoms with Gasteiger partial charge in [-0.1, -0.05) is 12.1 Å². The summed E-state index contributed by atoms with van der Waals surface area (Å²) in [5, 5.41) is 1.26. The summed E-state index contributed by atoms with van der Waals surface area (Å²) < 4.78 is 8.21. The minimum Gasteiger partial charge on any atom is -0.486 e. The van der Waals surface area contributed by atoms with Crippen LogP contribution >= 0.6 is 0 Å². The molecule has 3 heteroatoms. The molecular weight excluding hydrogens is 260 g/mol. The molecule has 3 nitrogen and oxygen atoms in total. The van der Waals surface area contributed by atoms with Gasteiger partial charge in [0, 0.05) is 23.1 Å². The Balaban J connectivity index is 1.96. The molecule has 0 N–H and O–H groups in total. The number of nitrogens with zero attached hydrogens (tertiary/aromatic N) is 2. The molecule has 0 aliphatic rings. The molecule has 0 spiro atoms. The van der Waals surface area contributed by atoms with Crippen molar-refractivity contribution in [2.24, 2.45) is 0 Å². The first-order chi connectivity index (χ1) is 10.1. The molecule has 0 saturated carbocycles. The van der Waals surface area contributed by atoms with E-state index >= 15 is 0 Å². The van der Waals surface area contributed by atoms with Crippen LogP contribution in [0.5, 0.6) is 5.75 Å². The zero-order chi connectivity index (χ0) is 14.8. The van der Waals surface area contributed by atoms with Crippen molar-refractivity contribution in [3.8, 4) is 5.75 Å². The van der Waals surface area contributed by atoms with E-state index in [-0.39, 0.29) is 0 Å². The van der Waals surface area contributed by atoms with Crippen LogP contribution in [0.15, 0.2) is 48.8 Å². The Morgan fingerprint density at radius 2 is 2.05 bits per heavy atom. The van der Waals surface area contributed by atoms with Crippen molar-refractivity contribution in [1.29, 1.82) is 0 Å². The lowest BCUT2D eigenvalue weighted by Gasteiger charge is -2.15. The summed E-state index contributed by atoms with van der Waals surface area (Å²) in [6, 6.07) is 13.0. The fourth-order valence-electron chi connectivity index (χ4n) is 2.70. The SMILES string of the molecule is Cc1ccc2cc(COc3cccnc3)n(C(C)C)c2c1. The van der Waals surface area contributed by atoms with Gasteiger partial charge in [-0.25, -0.2) is 0 Å². The number of pyridine rings is 1. The van der Waals surface area contributed by atoms with Crippen molar-refractivity contribution in [3.63, 3.8) is 0 Å². The summed E-state index contributed by atoms with van der Waals surface area (Å²) in [6.45, 7) is 7.09. The molecule has 1 aromatic carbocycles. The smallest absolute Gasteiger partial charge is 0.138 e. The molecule has 0 atom stereocenters. The van der Waals surface area contributed by atoms with Gasteiger partial charge in [0.15, 0.2) is 0 Å². The number of benzene rings is 1. The predicted molar refractivity (Wildman–Crippen MR) is 85.6 cm³/mol. The van der Waals surface area contributed by atoms with Crippen LogP contribution < -0.4 is 4.74 Å². The molecule has 108 valence electrons. The molecule has 0 amide bonds. The number of rotatable bonds is 4. The molecule has 2 aromatic heterocycles. The lowest BCUT2D eigenvalue weighted by Crippen LogP contribution is -2.08. The van der Waals surface area contributed by atoms with Crippen molar-refractivity contribution >= 4 is 10.9 Å². The molecule has 2 heterocycles. The third-order valence-electron chi connectivity index (χ3n) is 3.61. The Hall–Kier alpha value is -2.29. The fraction of sp³-hybridized carbons (Fsp3) is 0.278. The molecule has 0 aliphatic heterocycles. The Morgan fingerprint density at radius 1 is 1.19 bits per heavy atom. The third kappa shape index (κ3) is 2.77. The van der Waals surface area contributed by atoms with Gasteiger partial charge in [0.05, 0.1) is 11.9 Å². The summed E-state index contributed by atoms with van der Waals surface area (Å²) in [6.07, 6.45) is 3.49. The van der Waals surface area contributed by atoms with Gasteiger partial charge >= 0.3 is 0 Å². The van der Waals surface area contributed by atoms with E-state index in [9.17, 15) is 0 Å². The highest BCUT2D eigenvalue weighted by Gasteiger charge is 2.12. The first-order valence-electron chi connectivity index (χ1n) is 7.28. The lowest BCUT2D eigenvalue weighted by molar-refractivity contribution is 0.292. The second kappa shape index (κ2) is 5.60. The Morgan fingerprint density at radius 3 is 2.76 bits per heavy atom. The standard InChI is InChI=1S/C18H20N2O/c1-13(2)20-16(12-21-17-5-4-8-19-11-17)10-15-7-6-14(3)9-18(15)20/h4-11,13H,12H2,1-3H3. The number of hydrogen-bond acceptors (Lipinski definition) is 2. The van der Waals surface area contributed by atoms with Gasteiger partial charge in [-0.05, 0) is 50.6 Å². The topological polar surface area (TPSA) is 27.1 Å². The molecular formula is C18H20N2O. The van der Waals surface area contributed by atoms with Crippen LogP contribution in [0.25, 0.3) is 10.9 Å². The second-order valence-electron chi connectivity index (χ2n) is 5.64. The summed E-state index contributed by atoms with van der Waals surface area (Å²) in [5.41, 5.74) is 3.74. The monoisotopic (exact) mass is 280 g/mol. The largest absolute Gasteiger partial charge is 0.486 e. The summed E-state index contributed by atoms with van der Waals surface area (Å²) >= 11 is 0. The normalized spacial score (nSPS) is 11.2. The third-order valence-corrected chi connectivity index (χ3v) is 3.61. The maximum absolute atomic E-state index is 5.86. The van der Waals surface area contributed by atoms with E-state index in [1.807, 2.05) is 12.1 Å². The summed E-state index contributed by atoms with van der Waals surface area (Å²) in [7, 11) is 0. The highest BCUT2D eigenvalue weighted by atomic mass is 16.5. The van der Waals surface area contributed by atoms with E-state index in [1.165, 1.54) is 22.2 Å². The van der Waals surface area contributed by atoms with Gasteiger partial charge in [0.1, 0.15) is 12.4 Å². The van der Waals surface area contributed by atoms with Crippen molar-refractivity contribution in [3.05, 3.63) is 60.0 Å². The van der Waals surface area contributed by atoms with E-state index in [0.29, 0.717) is 12.6 Å². The molecule has 3 aromatic rings. The molecule has 0 radical (unpaired) electrons. The van der Waals surface area contributed by atoms with Crippen molar-refractivity contribution in [1.82, 2.24) is 9.55 Å². The van der Waals surface area contributed by atoms with Crippen molar-refractivity contribution in [2.75, 3.05) is 0 Å². The number of hydrogen-bond donors (Lipinski definition) is 0. The van der Waals surface area contributed by atoms with Crippen LogP contribution in [-0.4, -0.2) is 9.55 Å². The minimum absolute atomic E-state index is 0.400. The van der Waals surface area contributed by atoms with Crippen LogP contribution in [0.1, 0.15) is 31.1 Å². The second-order valence-corrected chi connectivity index (χ2v) is 5.64. The Kier molecular flexibility index (Phi) is 3.65. The van der Waals surface area contributed by atoms with Crippen molar-refractivity contribution < 1.29 is 4.74 Å². The van der Waals surface area contributed by atoms with Gasteiger partial charge in [-0.15, -0.1) is 0 Å².